The maximum atomic E-state index is 7.10. The van der Waals surface area contributed by atoms with Gasteiger partial charge in [0, 0.05) is 107 Å². The summed E-state index contributed by atoms with van der Waals surface area (Å²) < 4.78 is 18.8. The van der Waals surface area contributed by atoms with Crippen molar-refractivity contribution in [1.82, 2.24) is 0 Å². The van der Waals surface area contributed by atoms with Crippen LogP contribution < -0.4 is 9.80 Å². The summed E-state index contributed by atoms with van der Waals surface area (Å²) in [5.41, 5.74) is 17.4. The van der Waals surface area contributed by atoms with Gasteiger partial charge in [-0.25, -0.2) is 0 Å². The van der Waals surface area contributed by atoms with Gasteiger partial charge in [-0.05, 0) is 165 Å². The van der Waals surface area contributed by atoms with E-state index < -0.39 is 0 Å². The standard InChI is InChI=1S/C80H48N2O2S2/c1-4-12-49(13-5-1)51-20-29-59(30-21-51)82(60-31-22-52(23-32-60)50-14-6-2-7-15-50)62-36-41-70-74(48-62)86-72-45-43-68-66-39-28-56-46-55(27-37-64(56)78(66)84-80(68)76(70)72)53-24-33-58(34-25-53)81(57-17-8-3-9-18-57)61-35-40-69-73(47-61)85-71-44-42-67-65-38-26-54-16-10-11-19-63(54)77(65)83-79(67)75(69)71/h1-48H. The summed E-state index contributed by atoms with van der Waals surface area (Å²) in [6.45, 7) is 0. The van der Waals surface area contributed by atoms with Crippen molar-refractivity contribution in [2.24, 2.45) is 0 Å². The number of hydrogen-bond donors (Lipinski definition) is 0. The molecule has 0 amide bonds. The highest BCUT2D eigenvalue weighted by Gasteiger charge is 2.22. The molecule has 0 saturated carbocycles. The molecule has 14 aromatic carbocycles. The first-order valence-electron chi connectivity index (χ1n) is 29.1. The second-order valence-corrected chi connectivity index (χ2v) is 24.5. The number of rotatable bonds is 9. The van der Waals surface area contributed by atoms with E-state index in [1.165, 1.54) is 62.6 Å². The topological polar surface area (TPSA) is 32.8 Å². The van der Waals surface area contributed by atoms with Gasteiger partial charge in [-0.3, -0.25) is 0 Å². The molecule has 0 radical (unpaired) electrons. The molecule has 0 aliphatic heterocycles. The van der Waals surface area contributed by atoms with Gasteiger partial charge < -0.3 is 18.6 Å². The van der Waals surface area contributed by atoms with Crippen molar-refractivity contribution in [1.29, 1.82) is 0 Å². The number of para-hydroxylation sites is 1. The molecule has 18 rings (SSSR count). The van der Waals surface area contributed by atoms with Crippen molar-refractivity contribution in [3.8, 4) is 33.4 Å². The van der Waals surface area contributed by atoms with Gasteiger partial charge in [-0.15, -0.1) is 22.7 Å². The third-order valence-electron chi connectivity index (χ3n) is 17.4. The number of benzene rings is 14. The first-order chi connectivity index (χ1) is 42.6. The van der Waals surface area contributed by atoms with Crippen molar-refractivity contribution in [3.05, 3.63) is 291 Å². The summed E-state index contributed by atoms with van der Waals surface area (Å²) in [7, 11) is 0. The maximum Gasteiger partial charge on any atom is 0.144 e. The van der Waals surface area contributed by atoms with Gasteiger partial charge >= 0.3 is 0 Å². The highest BCUT2D eigenvalue weighted by atomic mass is 32.1. The predicted molar refractivity (Wildman–Crippen MR) is 367 cm³/mol. The molecule has 6 heteroatoms. The normalized spacial score (nSPS) is 12.0. The van der Waals surface area contributed by atoms with E-state index in [0.717, 1.165) is 111 Å². The lowest BCUT2D eigenvalue weighted by atomic mass is 9.99. The number of anilines is 6. The van der Waals surface area contributed by atoms with Crippen molar-refractivity contribution < 1.29 is 8.83 Å². The van der Waals surface area contributed by atoms with Crippen LogP contribution >= 0.6 is 22.7 Å². The molecule has 4 heterocycles. The van der Waals surface area contributed by atoms with E-state index in [1.54, 1.807) is 0 Å². The zero-order chi connectivity index (χ0) is 56.4. The third kappa shape index (κ3) is 7.81. The smallest absolute Gasteiger partial charge is 0.144 e. The lowest BCUT2D eigenvalue weighted by Gasteiger charge is -2.26. The fourth-order valence-electron chi connectivity index (χ4n) is 13.3. The Morgan fingerprint density at radius 3 is 1.07 bits per heavy atom. The van der Waals surface area contributed by atoms with Crippen molar-refractivity contribution in [3.63, 3.8) is 0 Å². The van der Waals surface area contributed by atoms with Crippen LogP contribution in [0.1, 0.15) is 0 Å². The second kappa shape index (κ2) is 19.4. The van der Waals surface area contributed by atoms with Crippen LogP contribution in [0.3, 0.4) is 0 Å². The molecule has 402 valence electrons. The molecule has 0 N–H and O–H groups in total. The SMILES string of the molecule is c1ccc(-c2ccc(N(c3ccc(-c4ccccc4)cc3)c3ccc4c(c3)sc3ccc5c6ccc7cc(-c8ccc(N(c9ccccc9)c9ccc%10c(c9)sc9ccc%11c%12ccc%13ccccc%13c%12oc%11c9%10)cc8)ccc7c6oc5c34)cc2)cc1. The summed E-state index contributed by atoms with van der Waals surface area (Å²) in [6.07, 6.45) is 0. The Hall–Kier alpha value is -10.8. The van der Waals surface area contributed by atoms with Crippen LogP contribution in [0.25, 0.3) is 139 Å². The molecule has 86 heavy (non-hydrogen) atoms. The summed E-state index contributed by atoms with van der Waals surface area (Å²) in [4.78, 5) is 4.72. The van der Waals surface area contributed by atoms with Gasteiger partial charge in [0.25, 0.3) is 0 Å². The van der Waals surface area contributed by atoms with E-state index in [9.17, 15) is 0 Å². The zero-order valence-corrected chi connectivity index (χ0v) is 47.9. The van der Waals surface area contributed by atoms with Gasteiger partial charge in [0.2, 0.25) is 0 Å². The van der Waals surface area contributed by atoms with E-state index in [-0.39, 0.29) is 0 Å². The second-order valence-electron chi connectivity index (χ2n) is 22.3. The van der Waals surface area contributed by atoms with Crippen molar-refractivity contribution >= 4 is 163 Å². The Morgan fingerprint density at radius 2 is 0.558 bits per heavy atom. The van der Waals surface area contributed by atoms with Crippen molar-refractivity contribution in [2.45, 2.75) is 0 Å². The Labute approximate surface area is 502 Å². The molecule has 0 aliphatic rings. The van der Waals surface area contributed by atoms with Crippen LogP contribution in [-0.4, -0.2) is 0 Å². The fraction of sp³-hybridized carbons (Fsp3) is 0. The van der Waals surface area contributed by atoms with Crippen LogP contribution in [0.4, 0.5) is 34.1 Å². The van der Waals surface area contributed by atoms with Crippen LogP contribution in [0.5, 0.6) is 0 Å². The van der Waals surface area contributed by atoms with E-state index in [2.05, 4.69) is 301 Å². The summed E-state index contributed by atoms with van der Waals surface area (Å²) in [6, 6.07) is 106. The van der Waals surface area contributed by atoms with E-state index >= 15 is 0 Å². The van der Waals surface area contributed by atoms with Crippen LogP contribution in [-0.2, 0) is 0 Å². The van der Waals surface area contributed by atoms with Crippen LogP contribution in [0.2, 0.25) is 0 Å². The summed E-state index contributed by atoms with van der Waals surface area (Å²) >= 11 is 3.64. The number of thiophene rings is 2. The molecule has 0 atom stereocenters. The highest BCUT2D eigenvalue weighted by molar-refractivity contribution is 7.26. The molecule has 0 bridgehead atoms. The summed E-state index contributed by atoms with van der Waals surface area (Å²) in [5, 5.41) is 13.9. The minimum atomic E-state index is 0.914. The predicted octanol–water partition coefficient (Wildman–Crippen LogP) is 24.5. The molecule has 0 unspecified atom stereocenters. The number of furan rings is 2. The number of hydrogen-bond acceptors (Lipinski definition) is 6. The average Bonchev–Trinajstić information content (AvgIpc) is 1.80. The lowest BCUT2D eigenvalue weighted by Crippen LogP contribution is -2.09. The van der Waals surface area contributed by atoms with Gasteiger partial charge in [-0.1, -0.05) is 170 Å². The maximum absolute atomic E-state index is 7.10. The zero-order valence-electron chi connectivity index (χ0n) is 46.2. The first-order valence-corrected chi connectivity index (χ1v) is 30.7. The summed E-state index contributed by atoms with van der Waals surface area (Å²) in [5.74, 6) is 0. The van der Waals surface area contributed by atoms with E-state index in [4.69, 9.17) is 8.83 Å². The third-order valence-corrected chi connectivity index (χ3v) is 19.7. The Morgan fingerprint density at radius 1 is 0.209 bits per heavy atom. The van der Waals surface area contributed by atoms with Crippen LogP contribution in [0, 0.1) is 0 Å². The largest absolute Gasteiger partial charge is 0.455 e. The van der Waals surface area contributed by atoms with Gasteiger partial charge in [0.1, 0.15) is 22.3 Å². The molecular weight excluding hydrogens is 1090 g/mol. The monoisotopic (exact) mass is 1130 g/mol. The molecule has 0 aliphatic carbocycles. The molecular formula is C80H48N2O2S2. The minimum Gasteiger partial charge on any atom is -0.455 e. The average molecular weight is 1130 g/mol. The Balaban J connectivity index is 0.678. The lowest BCUT2D eigenvalue weighted by molar-refractivity contribution is 0.676. The minimum absolute atomic E-state index is 0.914. The molecule has 0 spiro atoms. The molecule has 4 nitrogen and oxygen atoms in total. The number of fused-ring (bicyclic) bond motifs is 18. The fourth-order valence-corrected chi connectivity index (χ4v) is 15.6. The molecule has 0 fully saturated rings. The van der Waals surface area contributed by atoms with Crippen molar-refractivity contribution in [2.75, 3.05) is 9.80 Å². The van der Waals surface area contributed by atoms with Gasteiger partial charge in [0.05, 0.1) is 0 Å². The Bertz CT molecular complexity index is 5610. The molecule has 0 saturated heterocycles. The van der Waals surface area contributed by atoms with E-state index in [0.29, 0.717) is 0 Å². The Kier molecular flexibility index (Phi) is 11.0. The molecule has 4 aromatic heterocycles. The first kappa shape index (κ1) is 48.7. The quantitative estimate of drug-likeness (QED) is 0.144. The van der Waals surface area contributed by atoms with Gasteiger partial charge in [-0.2, -0.15) is 0 Å². The van der Waals surface area contributed by atoms with Crippen LogP contribution in [0.15, 0.2) is 300 Å². The van der Waals surface area contributed by atoms with E-state index in [1.807, 2.05) is 22.7 Å². The molecule has 18 aromatic rings. The van der Waals surface area contributed by atoms with Gasteiger partial charge in [0.15, 0.2) is 0 Å². The number of nitrogens with zero attached hydrogens (tertiary/aromatic N) is 2. The highest BCUT2D eigenvalue weighted by Crippen LogP contribution is 2.49.